The van der Waals surface area contributed by atoms with Crippen LogP contribution in [-0.2, 0) is 20.1 Å². The second-order valence-corrected chi connectivity index (χ2v) is 7.55. The molecule has 0 fully saturated rings. The smallest absolute Gasteiger partial charge is 0.174 e. The van der Waals surface area contributed by atoms with Crippen LogP contribution >= 0.6 is 39.7 Å². The summed E-state index contributed by atoms with van der Waals surface area (Å²) in [4.78, 5) is 1.94. The zero-order valence-electron chi connectivity index (χ0n) is 14.4. The Morgan fingerprint density at radius 2 is 2.04 bits per heavy atom. The normalized spacial score (nSPS) is 10.8. The predicted molar refractivity (Wildman–Crippen MR) is 111 cm³/mol. The molecule has 0 atom stereocenters. The van der Waals surface area contributed by atoms with Gasteiger partial charge in [0.15, 0.2) is 10.9 Å². The highest BCUT2D eigenvalue weighted by molar-refractivity contribution is 9.10. The molecule has 0 unspecified atom stereocenters. The second kappa shape index (κ2) is 8.20. The number of aromatic nitrogens is 4. The molecule has 0 aliphatic carbocycles. The van der Waals surface area contributed by atoms with Crippen molar-refractivity contribution in [3.05, 3.63) is 63.5 Å². The molecular formula is C17H18BrClN6S. The van der Waals surface area contributed by atoms with Crippen LogP contribution in [0.3, 0.4) is 0 Å². The maximum atomic E-state index is 5.92. The van der Waals surface area contributed by atoms with Crippen molar-refractivity contribution in [2.75, 3.05) is 12.4 Å². The fraction of sp³-hybridized carbons (Fsp3) is 0.235. The van der Waals surface area contributed by atoms with Gasteiger partial charge in [-0.25, -0.2) is 0 Å². The predicted octanol–water partition coefficient (Wildman–Crippen LogP) is 3.91. The number of nitrogens with zero attached hydrogens (tertiary/aromatic N) is 5. The van der Waals surface area contributed by atoms with Crippen LogP contribution < -0.4 is 5.32 Å². The summed E-state index contributed by atoms with van der Waals surface area (Å²) in [5, 5.41) is 13.2. The number of hydrogen-bond donors (Lipinski definition) is 1. The van der Waals surface area contributed by atoms with E-state index >= 15 is 0 Å². The fourth-order valence-corrected chi connectivity index (χ4v) is 3.18. The van der Waals surface area contributed by atoms with E-state index in [4.69, 9.17) is 23.8 Å². The number of halogens is 2. The Labute approximate surface area is 170 Å². The minimum absolute atomic E-state index is 0.592. The number of anilines is 1. The Bertz CT molecular complexity index is 885. The first-order chi connectivity index (χ1) is 12.4. The molecule has 2 aromatic heterocycles. The molecule has 9 heteroatoms. The van der Waals surface area contributed by atoms with Gasteiger partial charge >= 0.3 is 0 Å². The first kappa shape index (κ1) is 18.9. The maximum Gasteiger partial charge on any atom is 0.174 e. The average Bonchev–Trinajstić information content (AvgIpc) is 3.18. The van der Waals surface area contributed by atoms with E-state index < -0.39 is 0 Å². The van der Waals surface area contributed by atoms with E-state index in [2.05, 4.69) is 31.4 Å². The van der Waals surface area contributed by atoms with Crippen molar-refractivity contribution in [2.24, 2.45) is 7.05 Å². The van der Waals surface area contributed by atoms with E-state index in [-0.39, 0.29) is 0 Å². The first-order valence-corrected chi connectivity index (χ1v) is 9.46. The lowest BCUT2D eigenvalue weighted by atomic mass is 10.2. The minimum atomic E-state index is 0.592. The van der Waals surface area contributed by atoms with Crippen LogP contribution in [0, 0.1) is 0 Å². The SMILES string of the molecule is CN(Cc1c(Br)cnn1C)C(=S)Nc1ccn(Cc2ccc(Cl)cc2)n1. The molecular weight excluding hydrogens is 436 g/mol. The van der Waals surface area contributed by atoms with Gasteiger partial charge in [0, 0.05) is 31.4 Å². The van der Waals surface area contributed by atoms with Gasteiger partial charge in [0.25, 0.3) is 0 Å². The largest absolute Gasteiger partial charge is 0.346 e. The average molecular weight is 454 g/mol. The minimum Gasteiger partial charge on any atom is -0.346 e. The fourth-order valence-electron chi connectivity index (χ4n) is 2.41. The van der Waals surface area contributed by atoms with Gasteiger partial charge in [-0.1, -0.05) is 23.7 Å². The van der Waals surface area contributed by atoms with E-state index in [1.807, 2.05) is 64.9 Å². The molecule has 0 aliphatic heterocycles. The van der Waals surface area contributed by atoms with Crippen molar-refractivity contribution in [1.82, 2.24) is 24.5 Å². The van der Waals surface area contributed by atoms with Crippen molar-refractivity contribution in [1.29, 1.82) is 0 Å². The van der Waals surface area contributed by atoms with E-state index in [0.717, 1.165) is 20.8 Å². The van der Waals surface area contributed by atoms with Crippen LogP contribution in [0.25, 0.3) is 0 Å². The summed E-state index contributed by atoms with van der Waals surface area (Å²) in [6.45, 7) is 1.30. The number of thiocarbonyl (C=S) groups is 1. The molecule has 0 saturated carbocycles. The summed E-state index contributed by atoms with van der Waals surface area (Å²) in [6, 6.07) is 9.62. The van der Waals surface area contributed by atoms with Gasteiger partial charge in [0.1, 0.15) is 0 Å². The van der Waals surface area contributed by atoms with Crippen LogP contribution in [-0.4, -0.2) is 36.6 Å². The summed E-state index contributed by atoms with van der Waals surface area (Å²) >= 11 is 14.9. The highest BCUT2D eigenvalue weighted by atomic mass is 79.9. The Kier molecular flexibility index (Phi) is 5.95. The Hall–Kier alpha value is -1.90. The molecule has 136 valence electrons. The van der Waals surface area contributed by atoms with Gasteiger partial charge in [-0.15, -0.1) is 0 Å². The summed E-state index contributed by atoms with van der Waals surface area (Å²) < 4.78 is 4.64. The molecule has 1 aromatic carbocycles. The van der Waals surface area contributed by atoms with E-state index in [0.29, 0.717) is 24.0 Å². The summed E-state index contributed by atoms with van der Waals surface area (Å²) in [6.07, 6.45) is 3.69. The molecule has 1 N–H and O–H groups in total. The number of benzene rings is 1. The zero-order valence-corrected chi connectivity index (χ0v) is 17.5. The van der Waals surface area contributed by atoms with Gasteiger partial charge in [-0.3, -0.25) is 9.36 Å². The number of nitrogens with one attached hydrogen (secondary N) is 1. The lowest BCUT2D eigenvalue weighted by Crippen LogP contribution is -2.31. The quantitative estimate of drug-likeness (QED) is 0.594. The number of aryl methyl sites for hydroxylation is 1. The molecule has 3 rings (SSSR count). The van der Waals surface area contributed by atoms with E-state index in [1.54, 1.807) is 6.20 Å². The maximum absolute atomic E-state index is 5.92. The standard InChI is InChI=1S/C17H18BrClN6S/c1-23(11-15-14(18)9-20-24(15)2)17(26)21-16-7-8-25(22-16)10-12-3-5-13(19)6-4-12/h3-9H,10-11H2,1-2H3,(H,21,22,26). The monoisotopic (exact) mass is 452 g/mol. The van der Waals surface area contributed by atoms with Crippen molar-refractivity contribution < 1.29 is 0 Å². The number of hydrogen-bond acceptors (Lipinski definition) is 3. The van der Waals surface area contributed by atoms with Crippen LogP contribution in [0.1, 0.15) is 11.3 Å². The van der Waals surface area contributed by atoms with Crippen molar-refractivity contribution in [2.45, 2.75) is 13.1 Å². The lowest BCUT2D eigenvalue weighted by Gasteiger charge is -2.20. The highest BCUT2D eigenvalue weighted by Crippen LogP contribution is 2.17. The van der Waals surface area contributed by atoms with Crippen LogP contribution in [0.4, 0.5) is 5.82 Å². The molecule has 2 heterocycles. The lowest BCUT2D eigenvalue weighted by molar-refractivity contribution is 0.481. The summed E-state index contributed by atoms with van der Waals surface area (Å²) in [7, 11) is 3.84. The molecule has 6 nitrogen and oxygen atoms in total. The van der Waals surface area contributed by atoms with Gasteiger partial charge < -0.3 is 10.2 Å². The molecule has 0 saturated heterocycles. The van der Waals surface area contributed by atoms with Crippen LogP contribution in [0.15, 0.2) is 47.2 Å². The molecule has 0 bridgehead atoms. The topological polar surface area (TPSA) is 50.9 Å². The molecule has 0 spiro atoms. The third kappa shape index (κ3) is 4.63. The molecule has 26 heavy (non-hydrogen) atoms. The second-order valence-electron chi connectivity index (χ2n) is 5.87. The molecule has 0 radical (unpaired) electrons. The molecule has 3 aromatic rings. The highest BCUT2D eigenvalue weighted by Gasteiger charge is 2.12. The third-order valence-corrected chi connectivity index (χ3v) is 5.21. The van der Waals surface area contributed by atoms with Gasteiger partial charge in [-0.2, -0.15) is 10.2 Å². The van der Waals surface area contributed by atoms with Crippen molar-refractivity contribution >= 4 is 50.7 Å². The van der Waals surface area contributed by atoms with Crippen molar-refractivity contribution in [3.8, 4) is 0 Å². The summed E-state index contributed by atoms with van der Waals surface area (Å²) in [5.41, 5.74) is 2.18. The zero-order chi connectivity index (χ0) is 18.7. The van der Waals surface area contributed by atoms with Crippen molar-refractivity contribution in [3.63, 3.8) is 0 Å². The first-order valence-electron chi connectivity index (χ1n) is 7.89. The van der Waals surface area contributed by atoms with Crippen LogP contribution in [0.2, 0.25) is 5.02 Å². The van der Waals surface area contributed by atoms with Gasteiger partial charge in [0.05, 0.1) is 29.5 Å². The van der Waals surface area contributed by atoms with E-state index in [1.165, 1.54) is 0 Å². The number of rotatable bonds is 5. The van der Waals surface area contributed by atoms with E-state index in [9.17, 15) is 0 Å². The Balaban J connectivity index is 1.59. The molecule has 0 amide bonds. The molecule has 0 aliphatic rings. The van der Waals surface area contributed by atoms with Crippen LogP contribution in [0.5, 0.6) is 0 Å². The Morgan fingerprint density at radius 3 is 2.69 bits per heavy atom. The third-order valence-electron chi connectivity index (χ3n) is 3.88. The summed E-state index contributed by atoms with van der Waals surface area (Å²) in [5.74, 6) is 0.708. The van der Waals surface area contributed by atoms with Gasteiger partial charge in [-0.05, 0) is 45.8 Å². The van der Waals surface area contributed by atoms with Gasteiger partial charge in [0.2, 0.25) is 0 Å². The Morgan fingerprint density at radius 1 is 1.31 bits per heavy atom.